The van der Waals surface area contributed by atoms with Crippen LogP contribution in [0.2, 0.25) is 0 Å². The van der Waals surface area contributed by atoms with Crippen molar-refractivity contribution in [3.05, 3.63) is 53.0 Å². The summed E-state index contributed by atoms with van der Waals surface area (Å²) < 4.78 is 1.53. The van der Waals surface area contributed by atoms with Gasteiger partial charge in [0.2, 0.25) is 5.91 Å². The van der Waals surface area contributed by atoms with Crippen molar-refractivity contribution in [2.24, 2.45) is 0 Å². The van der Waals surface area contributed by atoms with E-state index >= 15 is 0 Å². The van der Waals surface area contributed by atoms with Crippen LogP contribution < -0.4 is 10.6 Å². The first kappa shape index (κ1) is 16.8. The Balaban J connectivity index is 1.40. The molecule has 25 heavy (non-hydrogen) atoms. The van der Waals surface area contributed by atoms with E-state index in [1.165, 1.54) is 22.3 Å². The van der Waals surface area contributed by atoms with Crippen LogP contribution in [0.1, 0.15) is 23.2 Å². The first-order valence-electron chi connectivity index (χ1n) is 7.66. The maximum absolute atomic E-state index is 11.9. The Hall–Kier alpha value is -3.07. The summed E-state index contributed by atoms with van der Waals surface area (Å²) in [6.45, 7) is 0.459. The highest BCUT2D eigenvalue weighted by Crippen LogP contribution is 2.12. The van der Waals surface area contributed by atoms with Crippen molar-refractivity contribution in [3.63, 3.8) is 0 Å². The Kier molecular flexibility index (Phi) is 5.47. The smallest absolute Gasteiger partial charge is 0.252 e. The average molecular weight is 356 g/mol. The van der Waals surface area contributed by atoms with Crippen LogP contribution in [0, 0.1) is 0 Å². The van der Waals surface area contributed by atoms with E-state index in [1.54, 1.807) is 23.6 Å². The van der Waals surface area contributed by atoms with Crippen LogP contribution in [0.4, 0.5) is 5.69 Å². The van der Waals surface area contributed by atoms with E-state index in [0.717, 1.165) is 5.69 Å². The summed E-state index contributed by atoms with van der Waals surface area (Å²) >= 11 is 1.48. The lowest BCUT2D eigenvalue weighted by Gasteiger charge is -2.07. The molecule has 2 N–H and O–H groups in total. The number of nitrogens with zero attached hydrogens (tertiary/aromatic N) is 4. The molecule has 0 spiro atoms. The summed E-state index contributed by atoms with van der Waals surface area (Å²) in [5.41, 5.74) is 2.15. The highest BCUT2D eigenvalue weighted by atomic mass is 32.1. The van der Waals surface area contributed by atoms with Gasteiger partial charge < -0.3 is 10.6 Å². The second-order valence-electron chi connectivity index (χ2n) is 5.22. The minimum Gasteiger partial charge on any atom is -0.352 e. The van der Waals surface area contributed by atoms with Gasteiger partial charge in [-0.25, -0.2) is 4.68 Å². The second kappa shape index (κ2) is 8.15. The van der Waals surface area contributed by atoms with E-state index in [0.29, 0.717) is 30.6 Å². The fraction of sp³-hybridized carbons (Fsp3) is 0.188. The molecule has 0 aliphatic heterocycles. The van der Waals surface area contributed by atoms with E-state index in [1.807, 2.05) is 17.5 Å². The van der Waals surface area contributed by atoms with Gasteiger partial charge in [0.05, 0.1) is 5.69 Å². The van der Waals surface area contributed by atoms with Gasteiger partial charge in [0.25, 0.3) is 5.91 Å². The molecule has 3 rings (SSSR count). The summed E-state index contributed by atoms with van der Waals surface area (Å²) in [7, 11) is 0. The summed E-state index contributed by atoms with van der Waals surface area (Å²) in [6, 6.07) is 8.96. The third-order valence-corrected chi connectivity index (χ3v) is 4.10. The SMILES string of the molecule is O=C(CCCNC(=O)c1ccsc1)Nc1ccc(-n2cnnn2)cc1. The minimum atomic E-state index is -0.111. The zero-order valence-electron chi connectivity index (χ0n) is 13.3. The number of hydrogen-bond donors (Lipinski definition) is 2. The predicted molar refractivity (Wildman–Crippen MR) is 93.7 cm³/mol. The Morgan fingerprint density at radius 1 is 1.16 bits per heavy atom. The van der Waals surface area contributed by atoms with Gasteiger partial charge in [-0.2, -0.15) is 11.3 Å². The van der Waals surface area contributed by atoms with Crippen molar-refractivity contribution >= 4 is 28.8 Å². The Morgan fingerprint density at radius 2 is 2.00 bits per heavy atom. The van der Waals surface area contributed by atoms with Crippen molar-refractivity contribution < 1.29 is 9.59 Å². The van der Waals surface area contributed by atoms with Gasteiger partial charge in [-0.15, -0.1) is 5.10 Å². The molecule has 0 aliphatic rings. The topological polar surface area (TPSA) is 102 Å². The van der Waals surface area contributed by atoms with Crippen molar-refractivity contribution in [3.8, 4) is 5.69 Å². The molecule has 0 atom stereocenters. The molecule has 2 aromatic heterocycles. The fourth-order valence-corrected chi connectivity index (χ4v) is 2.78. The number of aromatic nitrogens is 4. The lowest BCUT2D eigenvalue weighted by atomic mass is 10.2. The lowest BCUT2D eigenvalue weighted by Crippen LogP contribution is -2.25. The van der Waals surface area contributed by atoms with Gasteiger partial charge in [-0.3, -0.25) is 9.59 Å². The predicted octanol–water partition coefficient (Wildman–Crippen LogP) is 1.87. The zero-order valence-corrected chi connectivity index (χ0v) is 14.1. The molecule has 8 nitrogen and oxygen atoms in total. The Morgan fingerprint density at radius 3 is 2.68 bits per heavy atom. The summed E-state index contributed by atoms with van der Waals surface area (Å²) in [6.07, 6.45) is 2.40. The molecule has 0 fully saturated rings. The Bertz CT molecular complexity index is 815. The zero-order chi connectivity index (χ0) is 17.5. The summed E-state index contributed by atoms with van der Waals surface area (Å²) in [5.74, 6) is -0.209. The van der Waals surface area contributed by atoms with Gasteiger partial charge in [0.1, 0.15) is 6.33 Å². The number of nitrogens with one attached hydrogen (secondary N) is 2. The van der Waals surface area contributed by atoms with Crippen LogP contribution in [0.3, 0.4) is 0 Å². The maximum atomic E-state index is 11.9. The van der Waals surface area contributed by atoms with Crippen LogP contribution in [-0.4, -0.2) is 38.6 Å². The number of rotatable bonds is 7. The molecule has 128 valence electrons. The van der Waals surface area contributed by atoms with Crippen LogP contribution in [-0.2, 0) is 4.79 Å². The molecule has 9 heteroatoms. The number of thiophene rings is 1. The molecule has 0 radical (unpaired) electrons. The molecule has 2 heterocycles. The van der Waals surface area contributed by atoms with Crippen LogP contribution in [0.5, 0.6) is 0 Å². The molecule has 0 saturated heterocycles. The minimum absolute atomic E-state index is 0.0973. The second-order valence-corrected chi connectivity index (χ2v) is 6.00. The van der Waals surface area contributed by atoms with Crippen molar-refractivity contribution in [2.45, 2.75) is 12.8 Å². The molecule has 0 saturated carbocycles. The number of tetrazole rings is 1. The van der Waals surface area contributed by atoms with Crippen LogP contribution in [0.25, 0.3) is 5.69 Å². The first-order chi connectivity index (χ1) is 12.2. The normalized spacial score (nSPS) is 10.4. The molecule has 2 amide bonds. The van der Waals surface area contributed by atoms with Crippen molar-refractivity contribution in [1.82, 2.24) is 25.5 Å². The summed E-state index contributed by atoms with van der Waals surface area (Å²) in [5, 5.41) is 20.2. The molecule has 0 unspecified atom stereocenters. The fourth-order valence-electron chi connectivity index (χ4n) is 2.15. The maximum Gasteiger partial charge on any atom is 0.252 e. The van der Waals surface area contributed by atoms with Gasteiger partial charge in [-0.1, -0.05) is 0 Å². The standard InChI is InChI=1S/C16H16N6O2S/c23-15(2-1-8-17-16(24)12-7-9-25-10-12)19-13-3-5-14(6-4-13)22-11-18-20-21-22/h3-7,9-11H,1-2,8H2,(H,17,24)(H,19,23). The van der Waals surface area contributed by atoms with Gasteiger partial charge in [0, 0.05) is 29.6 Å². The van der Waals surface area contributed by atoms with E-state index in [9.17, 15) is 9.59 Å². The summed E-state index contributed by atoms with van der Waals surface area (Å²) in [4.78, 5) is 23.7. The number of hydrogen-bond acceptors (Lipinski definition) is 6. The number of amides is 2. The van der Waals surface area contributed by atoms with Crippen LogP contribution in [0.15, 0.2) is 47.4 Å². The molecule has 3 aromatic rings. The van der Waals surface area contributed by atoms with E-state index in [2.05, 4.69) is 26.2 Å². The monoisotopic (exact) mass is 356 g/mol. The van der Waals surface area contributed by atoms with Crippen molar-refractivity contribution in [1.29, 1.82) is 0 Å². The largest absolute Gasteiger partial charge is 0.352 e. The molecular formula is C16H16N6O2S. The molecule has 0 aliphatic carbocycles. The quantitative estimate of drug-likeness (QED) is 0.629. The third-order valence-electron chi connectivity index (χ3n) is 3.41. The third kappa shape index (κ3) is 4.70. The van der Waals surface area contributed by atoms with E-state index in [4.69, 9.17) is 0 Å². The number of carbonyl (C=O) groups is 2. The Labute approximate surface area is 147 Å². The van der Waals surface area contributed by atoms with Gasteiger partial charge >= 0.3 is 0 Å². The molecule has 1 aromatic carbocycles. The van der Waals surface area contributed by atoms with Crippen molar-refractivity contribution in [2.75, 3.05) is 11.9 Å². The first-order valence-corrected chi connectivity index (χ1v) is 8.60. The molecule has 0 bridgehead atoms. The number of anilines is 1. The van der Waals surface area contributed by atoms with Gasteiger partial charge in [0.15, 0.2) is 0 Å². The van der Waals surface area contributed by atoms with E-state index < -0.39 is 0 Å². The molecular weight excluding hydrogens is 340 g/mol. The van der Waals surface area contributed by atoms with E-state index in [-0.39, 0.29) is 11.8 Å². The van der Waals surface area contributed by atoms with Crippen LogP contribution >= 0.6 is 11.3 Å². The number of benzene rings is 1. The highest BCUT2D eigenvalue weighted by molar-refractivity contribution is 7.08. The highest BCUT2D eigenvalue weighted by Gasteiger charge is 2.06. The average Bonchev–Trinajstić information content (AvgIpc) is 3.32. The lowest BCUT2D eigenvalue weighted by molar-refractivity contribution is -0.116. The van der Waals surface area contributed by atoms with Gasteiger partial charge in [-0.05, 0) is 52.6 Å². The number of carbonyl (C=O) groups excluding carboxylic acids is 2.